The summed E-state index contributed by atoms with van der Waals surface area (Å²) >= 11 is 0. The maximum absolute atomic E-state index is 13.4. The van der Waals surface area contributed by atoms with E-state index in [0.717, 1.165) is 40.7 Å². The van der Waals surface area contributed by atoms with Crippen molar-refractivity contribution in [2.24, 2.45) is 7.05 Å². The lowest BCUT2D eigenvalue weighted by Gasteiger charge is -2.23. The number of aryl methyl sites for hydroxylation is 1. The number of hydrogen-bond donors (Lipinski definition) is 1. The molecule has 0 bridgehead atoms. The normalized spacial score (nSPS) is 12.3. The molecule has 28 heavy (non-hydrogen) atoms. The van der Waals surface area contributed by atoms with Crippen molar-refractivity contribution in [3.8, 4) is 11.1 Å². The topological polar surface area (TPSA) is 51.1 Å². The second-order valence-electron chi connectivity index (χ2n) is 7.55. The molecular formula is C24H26N2O2. The molecule has 2 aromatic carbocycles. The Kier molecular flexibility index (Phi) is 5.03. The van der Waals surface area contributed by atoms with Crippen LogP contribution in [-0.4, -0.2) is 16.9 Å². The molecule has 144 valence electrons. The zero-order chi connectivity index (χ0) is 19.7. The molecule has 0 amide bonds. The van der Waals surface area contributed by atoms with Crippen LogP contribution >= 0.6 is 0 Å². The van der Waals surface area contributed by atoms with Gasteiger partial charge in [0.2, 0.25) is 0 Å². The van der Waals surface area contributed by atoms with Crippen LogP contribution in [0.4, 0.5) is 5.69 Å². The summed E-state index contributed by atoms with van der Waals surface area (Å²) in [6, 6.07) is 13.1. The third-order valence-electron chi connectivity index (χ3n) is 5.70. The lowest BCUT2D eigenvalue weighted by Crippen LogP contribution is -2.21. The highest BCUT2D eigenvalue weighted by molar-refractivity contribution is 6.28. The molecule has 1 N–H and O–H groups in total. The van der Waals surface area contributed by atoms with Gasteiger partial charge < -0.3 is 9.88 Å². The van der Waals surface area contributed by atoms with Crippen molar-refractivity contribution in [3.63, 3.8) is 0 Å². The molecule has 0 spiro atoms. The fraction of sp³-hybridized carbons (Fsp3) is 0.333. The standard InChI is InChI=1S/C24H26N2O2/c1-3-4-5-6-9-14-25-19-12-13-20-22-18(15-21(27)26(20)2)16-10-7-8-11-17(16)24(28)23(19)22/h7-8,10-13,15,25H,3-6,9,14H2,1-2H3. The van der Waals surface area contributed by atoms with Gasteiger partial charge in [0.05, 0.1) is 11.1 Å². The Morgan fingerprint density at radius 1 is 0.893 bits per heavy atom. The molecule has 3 aromatic rings. The summed E-state index contributed by atoms with van der Waals surface area (Å²) in [4.78, 5) is 25.8. The first-order chi connectivity index (χ1) is 13.6. The van der Waals surface area contributed by atoms with Crippen LogP contribution < -0.4 is 10.9 Å². The van der Waals surface area contributed by atoms with Gasteiger partial charge in [0.25, 0.3) is 5.56 Å². The number of fused-ring (bicyclic) bond motifs is 2. The molecule has 4 rings (SSSR count). The Bertz CT molecular complexity index is 1110. The summed E-state index contributed by atoms with van der Waals surface area (Å²) in [5.41, 5.74) is 4.66. The van der Waals surface area contributed by atoms with Gasteiger partial charge in [0.15, 0.2) is 5.78 Å². The first-order valence-corrected chi connectivity index (χ1v) is 10.2. The second kappa shape index (κ2) is 7.63. The molecule has 4 heteroatoms. The van der Waals surface area contributed by atoms with E-state index in [-0.39, 0.29) is 11.3 Å². The van der Waals surface area contributed by atoms with Crippen LogP contribution in [0.5, 0.6) is 0 Å². The molecule has 0 saturated heterocycles. The van der Waals surface area contributed by atoms with Crippen molar-refractivity contribution in [1.82, 2.24) is 4.57 Å². The number of aromatic nitrogens is 1. The molecule has 1 aliphatic carbocycles. The third kappa shape index (κ3) is 3.03. The summed E-state index contributed by atoms with van der Waals surface area (Å²) in [6.07, 6.45) is 6.04. The van der Waals surface area contributed by atoms with Crippen LogP contribution in [0.25, 0.3) is 22.0 Å². The minimum absolute atomic E-state index is 0.0285. The van der Waals surface area contributed by atoms with Gasteiger partial charge in [-0.3, -0.25) is 9.59 Å². The Morgan fingerprint density at radius 2 is 1.64 bits per heavy atom. The molecule has 0 atom stereocenters. The Morgan fingerprint density at radius 3 is 2.43 bits per heavy atom. The van der Waals surface area contributed by atoms with E-state index in [1.807, 2.05) is 36.4 Å². The third-order valence-corrected chi connectivity index (χ3v) is 5.70. The number of unbranched alkanes of at least 4 members (excludes halogenated alkanes) is 4. The summed E-state index contributed by atoms with van der Waals surface area (Å²) < 4.78 is 1.62. The summed E-state index contributed by atoms with van der Waals surface area (Å²) in [7, 11) is 1.76. The van der Waals surface area contributed by atoms with Crippen molar-refractivity contribution in [2.45, 2.75) is 39.0 Å². The van der Waals surface area contributed by atoms with E-state index < -0.39 is 0 Å². The van der Waals surface area contributed by atoms with Gasteiger partial charge in [-0.05, 0) is 29.7 Å². The number of ketones is 1. The molecule has 1 aliphatic rings. The molecule has 1 aromatic heterocycles. The molecule has 0 aliphatic heterocycles. The highest BCUT2D eigenvalue weighted by Crippen LogP contribution is 2.41. The molecule has 0 saturated carbocycles. The SMILES string of the molecule is CCCCCCCNc1ccc2c3c(cc(=O)n2C)-c2ccccc2C(=O)c13. The maximum Gasteiger partial charge on any atom is 0.251 e. The number of carbonyl (C=O) groups is 1. The monoisotopic (exact) mass is 374 g/mol. The number of benzene rings is 2. The number of pyridine rings is 1. The Hall–Kier alpha value is -2.88. The maximum atomic E-state index is 13.4. The van der Waals surface area contributed by atoms with E-state index in [1.54, 1.807) is 17.7 Å². The van der Waals surface area contributed by atoms with Crippen molar-refractivity contribution < 1.29 is 4.79 Å². The number of nitrogens with zero attached hydrogens (tertiary/aromatic N) is 1. The number of anilines is 1. The van der Waals surface area contributed by atoms with Gasteiger partial charge in [0.1, 0.15) is 0 Å². The summed E-state index contributed by atoms with van der Waals surface area (Å²) in [6.45, 7) is 3.06. The van der Waals surface area contributed by atoms with E-state index in [4.69, 9.17) is 0 Å². The zero-order valence-corrected chi connectivity index (χ0v) is 16.5. The quantitative estimate of drug-likeness (QED) is 0.456. The summed E-state index contributed by atoms with van der Waals surface area (Å²) in [5.74, 6) is 0.0285. The van der Waals surface area contributed by atoms with Gasteiger partial charge >= 0.3 is 0 Å². The first kappa shape index (κ1) is 18.5. The van der Waals surface area contributed by atoms with Crippen molar-refractivity contribution in [3.05, 3.63) is 63.9 Å². The molecule has 0 radical (unpaired) electrons. The van der Waals surface area contributed by atoms with Crippen LogP contribution in [0, 0.1) is 0 Å². The zero-order valence-electron chi connectivity index (χ0n) is 16.5. The number of hydrogen-bond acceptors (Lipinski definition) is 3. The van der Waals surface area contributed by atoms with Gasteiger partial charge in [-0.1, -0.05) is 56.9 Å². The highest BCUT2D eigenvalue weighted by atomic mass is 16.1. The molecule has 4 nitrogen and oxygen atoms in total. The smallest absolute Gasteiger partial charge is 0.251 e. The van der Waals surface area contributed by atoms with E-state index in [0.29, 0.717) is 11.1 Å². The van der Waals surface area contributed by atoms with E-state index in [1.165, 1.54) is 25.7 Å². The van der Waals surface area contributed by atoms with E-state index in [9.17, 15) is 9.59 Å². The number of nitrogens with one attached hydrogen (secondary N) is 1. The number of carbonyl (C=O) groups excluding carboxylic acids is 1. The Labute approximate surface area is 165 Å². The largest absolute Gasteiger partial charge is 0.384 e. The van der Waals surface area contributed by atoms with Crippen LogP contribution in [0.3, 0.4) is 0 Å². The van der Waals surface area contributed by atoms with Crippen molar-refractivity contribution >= 4 is 22.4 Å². The van der Waals surface area contributed by atoms with Crippen LogP contribution in [0.2, 0.25) is 0 Å². The predicted octanol–water partition coefficient (Wildman–Crippen LogP) is 5.13. The molecule has 0 fully saturated rings. The van der Waals surface area contributed by atoms with Gasteiger partial charge in [-0.25, -0.2) is 0 Å². The fourth-order valence-corrected chi connectivity index (χ4v) is 4.15. The molecule has 0 unspecified atom stereocenters. The lowest BCUT2D eigenvalue weighted by atomic mass is 9.83. The second-order valence-corrected chi connectivity index (χ2v) is 7.55. The average molecular weight is 374 g/mol. The fourth-order valence-electron chi connectivity index (χ4n) is 4.15. The lowest BCUT2D eigenvalue weighted by molar-refractivity contribution is 0.104. The van der Waals surface area contributed by atoms with Crippen molar-refractivity contribution in [1.29, 1.82) is 0 Å². The van der Waals surface area contributed by atoms with Crippen LogP contribution in [0.1, 0.15) is 54.9 Å². The average Bonchev–Trinajstić information content (AvgIpc) is 2.72. The van der Waals surface area contributed by atoms with Gasteiger partial charge in [-0.15, -0.1) is 0 Å². The van der Waals surface area contributed by atoms with Gasteiger partial charge in [0, 0.05) is 36.3 Å². The van der Waals surface area contributed by atoms with E-state index >= 15 is 0 Å². The Balaban J connectivity index is 1.80. The van der Waals surface area contributed by atoms with Crippen molar-refractivity contribution in [2.75, 3.05) is 11.9 Å². The predicted molar refractivity (Wildman–Crippen MR) is 115 cm³/mol. The van der Waals surface area contributed by atoms with E-state index in [2.05, 4.69) is 12.2 Å². The van der Waals surface area contributed by atoms with Crippen LogP contribution in [0.15, 0.2) is 47.3 Å². The highest BCUT2D eigenvalue weighted by Gasteiger charge is 2.28. The molecular weight excluding hydrogens is 348 g/mol. The van der Waals surface area contributed by atoms with Crippen LogP contribution in [-0.2, 0) is 7.05 Å². The first-order valence-electron chi connectivity index (χ1n) is 10.2. The minimum Gasteiger partial charge on any atom is -0.384 e. The molecule has 1 heterocycles. The number of rotatable bonds is 7. The van der Waals surface area contributed by atoms with Gasteiger partial charge in [-0.2, -0.15) is 0 Å². The summed E-state index contributed by atoms with van der Waals surface area (Å²) in [5, 5.41) is 4.36. The minimum atomic E-state index is -0.0609.